The smallest absolute Gasteiger partial charge is 0.119 e. The van der Waals surface area contributed by atoms with Crippen LogP contribution in [0.2, 0.25) is 10.0 Å². The number of halogens is 2. The number of benzene rings is 1. The summed E-state index contributed by atoms with van der Waals surface area (Å²) in [5.74, 6) is 0. The zero-order valence-corrected chi connectivity index (χ0v) is 7.34. The minimum Gasteiger partial charge on any atom is -0.397 e. The van der Waals surface area contributed by atoms with E-state index in [2.05, 4.69) is 0 Å². The molecule has 1 aromatic carbocycles. The molecule has 0 bridgehead atoms. The molecular weight excluding hydrogens is 203 g/mol. The van der Waals surface area contributed by atoms with Gasteiger partial charge in [0.15, 0.2) is 0 Å². The number of anilines is 2. The van der Waals surface area contributed by atoms with E-state index < -0.39 is 0 Å². The summed E-state index contributed by atoms with van der Waals surface area (Å²) >= 11 is 11.2. The number of nitrogens with zero attached hydrogens (tertiary/aromatic N) is 1. The summed E-state index contributed by atoms with van der Waals surface area (Å²) in [6.45, 7) is 0. The molecule has 0 saturated carbocycles. The second-order valence-corrected chi connectivity index (χ2v) is 2.93. The minimum atomic E-state index is -0.114. The Kier molecular flexibility index (Phi) is 2.64. The van der Waals surface area contributed by atoms with E-state index in [1.807, 2.05) is 0 Å². The van der Waals surface area contributed by atoms with Crippen LogP contribution in [0.25, 0.3) is 0 Å². The van der Waals surface area contributed by atoms with Gasteiger partial charge >= 0.3 is 0 Å². The quantitative estimate of drug-likeness (QED) is 0.489. The summed E-state index contributed by atoms with van der Waals surface area (Å²) in [6.07, 6.45) is 0. The highest BCUT2D eigenvalue weighted by Crippen LogP contribution is 2.31. The molecule has 0 amide bonds. The van der Waals surface area contributed by atoms with Gasteiger partial charge in [0.25, 0.3) is 0 Å². The first-order valence-electron chi connectivity index (χ1n) is 2.94. The van der Waals surface area contributed by atoms with E-state index in [4.69, 9.17) is 39.4 Å². The maximum Gasteiger partial charge on any atom is 0.119 e. The van der Waals surface area contributed by atoms with E-state index >= 15 is 0 Å². The van der Waals surface area contributed by atoms with E-state index in [1.54, 1.807) is 0 Å². The molecule has 0 spiro atoms. The Hall–Kier alpha value is -0.680. The van der Waals surface area contributed by atoms with Crippen molar-refractivity contribution in [2.24, 2.45) is 0 Å². The molecule has 0 aliphatic rings. The third-order valence-electron chi connectivity index (χ3n) is 1.29. The van der Waals surface area contributed by atoms with E-state index in [9.17, 15) is 0 Å². The van der Waals surface area contributed by atoms with Crippen molar-refractivity contribution in [1.82, 2.24) is 0 Å². The fraction of sp³-hybridized carbons (Fsp3) is 0. The molecule has 0 atom stereocenters. The third-order valence-corrected chi connectivity index (χ3v) is 2.01. The van der Waals surface area contributed by atoms with Crippen LogP contribution in [0.3, 0.4) is 0 Å². The summed E-state index contributed by atoms with van der Waals surface area (Å²) in [4.78, 5) is 0. The van der Waals surface area contributed by atoms with Gasteiger partial charge in [-0.3, -0.25) is 10.4 Å². The molecule has 0 fully saturated rings. The van der Waals surface area contributed by atoms with E-state index in [1.165, 1.54) is 12.1 Å². The molecule has 0 radical (unpaired) electrons. The molecule has 66 valence electrons. The molecule has 0 saturated heterocycles. The maximum absolute atomic E-state index is 8.63. The molecule has 4 N–H and O–H groups in total. The van der Waals surface area contributed by atoms with Gasteiger partial charge in [0.1, 0.15) is 5.69 Å². The van der Waals surface area contributed by atoms with Crippen LogP contribution in [0.4, 0.5) is 11.4 Å². The second kappa shape index (κ2) is 3.37. The molecule has 0 aliphatic heterocycles. The van der Waals surface area contributed by atoms with Crippen LogP contribution in [-0.4, -0.2) is 10.4 Å². The van der Waals surface area contributed by atoms with Gasteiger partial charge < -0.3 is 5.73 Å². The standard InChI is InChI=1S/C6H6Cl2N2O2/c7-3-1-5(9)6(10(11)12)2-4(3)8/h1-2,11-12H,9H2. The van der Waals surface area contributed by atoms with Crippen molar-refractivity contribution < 1.29 is 10.4 Å². The zero-order valence-electron chi connectivity index (χ0n) is 5.83. The predicted molar refractivity (Wildman–Crippen MR) is 46.9 cm³/mol. The summed E-state index contributed by atoms with van der Waals surface area (Å²) < 4.78 is 0. The highest BCUT2D eigenvalue weighted by Gasteiger charge is 2.08. The molecule has 0 aliphatic carbocycles. The molecule has 6 heteroatoms. The highest BCUT2D eigenvalue weighted by molar-refractivity contribution is 6.42. The summed E-state index contributed by atoms with van der Waals surface area (Å²) in [5, 5.41) is 17.6. The van der Waals surface area contributed by atoms with Crippen LogP contribution >= 0.6 is 23.2 Å². The molecule has 0 aromatic heterocycles. The lowest BCUT2D eigenvalue weighted by molar-refractivity contribution is 0.0296. The molecule has 1 rings (SSSR count). The largest absolute Gasteiger partial charge is 0.397 e. The average Bonchev–Trinajstić information content (AvgIpc) is 1.96. The summed E-state index contributed by atoms with van der Waals surface area (Å²) in [6, 6.07) is 2.58. The minimum absolute atomic E-state index is 0.00981. The summed E-state index contributed by atoms with van der Waals surface area (Å²) in [7, 11) is 0. The van der Waals surface area contributed by atoms with Crippen molar-refractivity contribution >= 4 is 34.6 Å². The van der Waals surface area contributed by atoms with Gasteiger partial charge in [0.05, 0.1) is 15.7 Å². The van der Waals surface area contributed by atoms with Crippen LogP contribution in [0.1, 0.15) is 0 Å². The number of nitrogen functional groups attached to an aromatic ring is 1. The molecule has 1 aromatic rings. The van der Waals surface area contributed by atoms with Crippen LogP contribution in [0.5, 0.6) is 0 Å². The molecular formula is C6H6Cl2N2O2. The van der Waals surface area contributed by atoms with Crippen LogP contribution in [0.15, 0.2) is 12.1 Å². The molecule has 12 heavy (non-hydrogen) atoms. The average molecular weight is 209 g/mol. The van der Waals surface area contributed by atoms with Gasteiger partial charge in [0, 0.05) is 0 Å². The second-order valence-electron chi connectivity index (χ2n) is 2.11. The fourth-order valence-electron chi connectivity index (χ4n) is 0.725. The number of hydrogen-bond acceptors (Lipinski definition) is 4. The Bertz CT molecular complexity index is 304. The van der Waals surface area contributed by atoms with Gasteiger partial charge in [-0.25, -0.2) is 0 Å². The first-order chi connectivity index (χ1) is 5.52. The van der Waals surface area contributed by atoms with E-state index in [0.29, 0.717) is 0 Å². The van der Waals surface area contributed by atoms with Crippen molar-refractivity contribution in [3.05, 3.63) is 22.2 Å². The van der Waals surface area contributed by atoms with Crippen LogP contribution in [-0.2, 0) is 0 Å². The highest BCUT2D eigenvalue weighted by atomic mass is 35.5. The molecule has 0 unspecified atom stereocenters. The van der Waals surface area contributed by atoms with E-state index in [-0.39, 0.29) is 26.6 Å². The lowest BCUT2D eigenvalue weighted by Crippen LogP contribution is -2.12. The van der Waals surface area contributed by atoms with Crippen molar-refractivity contribution in [1.29, 1.82) is 0 Å². The fourth-order valence-corrected chi connectivity index (χ4v) is 1.05. The van der Waals surface area contributed by atoms with Gasteiger partial charge in [-0.2, -0.15) is 0 Å². The van der Waals surface area contributed by atoms with E-state index in [0.717, 1.165) is 0 Å². The lowest BCUT2D eigenvalue weighted by atomic mass is 10.3. The van der Waals surface area contributed by atoms with Gasteiger partial charge in [-0.05, 0) is 12.1 Å². The van der Waals surface area contributed by atoms with Crippen molar-refractivity contribution in [3.63, 3.8) is 0 Å². The van der Waals surface area contributed by atoms with Crippen molar-refractivity contribution in [2.75, 3.05) is 11.0 Å². The first-order valence-corrected chi connectivity index (χ1v) is 3.70. The van der Waals surface area contributed by atoms with Crippen LogP contribution in [0, 0.1) is 0 Å². The third kappa shape index (κ3) is 1.73. The maximum atomic E-state index is 8.63. The predicted octanol–water partition coefficient (Wildman–Crippen LogP) is 2.16. The monoisotopic (exact) mass is 208 g/mol. The number of rotatable bonds is 1. The Morgan fingerprint density at radius 2 is 1.67 bits per heavy atom. The van der Waals surface area contributed by atoms with Gasteiger partial charge in [-0.1, -0.05) is 23.2 Å². The summed E-state index contributed by atoms with van der Waals surface area (Å²) in [5.41, 5.74) is 5.51. The zero-order chi connectivity index (χ0) is 9.30. The molecule has 4 nitrogen and oxygen atoms in total. The Balaban J connectivity index is 3.23. The number of hydrogen-bond donors (Lipinski definition) is 3. The first kappa shape index (κ1) is 9.41. The topological polar surface area (TPSA) is 69.7 Å². The van der Waals surface area contributed by atoms with Gasteiger partial charge in [0.2, 0.25) is 0 Å². The Morgan fingerprint density at radius 3 is 2.17 bits per heavy atom. The van der Waals surface area contributed by atoms with Crippen LogP contribution < -0.4 is 11.0 Å². The Morgan fingerprint density at radius 1 is 1.17 bits per heavy atom. The lowest BCUT2D eigenvalue weighted by Gasteiger charge is -2.11. The van der Waals surface area contributed by atoms with Crippen molar-refractivity contribution in [3.8, 4) is 0 Å². The Labute approximate surface area is 78.6 Å². The van der Waals surface area contributed by atoms with Crippen molar-refractivity contribution in [2.45, 2.75) is 0 Å². The normalized spacial score (nSPS) is 10.0. The SMILES string of the molecule is Nc1cc(Cl)c(Cl)cc1N(O)O. The number of nitrogens with two attached hydrogens (primary N) is 1. The molecule has 0 heterocycles. The van der Waals surface area contributed by atoms with Gasteiger partial charge in [-0.15, -0.1) is 5.23 Å².